The highest BCUT2D eigenvalue weighted by atomic mass is 19.1. The van der Waals surface area contributed by atoms with Gasteiger partial charge in [-0.1, -0.05) is 25.8 Å². The number of aliphatic hydroxyl groups is 1. The van der Waals surface area contributed by atoms with E-state index in [2.05, 4.69) is 11.9 Å². The van der Waals surface area contributed by atoms with Crippen molar-refractivity contribution >= 4 is 23.1 Å². The Morgan fingerprint density at radius 2 is 1.83 bits per heavy atom. The van der Waals surface area contributed by atoms with Gasteiger partial charge in [-0.15, -0.1) is 0 Å². The van der Waals surface area contributed by atoms with Gasteiger partial charge in [-0.3, -0.25) is 19.5 Å². The van der Waals surface area contributed by atoms with Gasteiger partial charge in [0.15, 0.2) is 0 Å². The zero-order valence-electron chi connectivity index (χ0n) is 19.1. The molecule has 0 radical (unpaired) electrons. The summed E-state index contributed by atoms with van der Waals surface area (Å²) in [6, 6.07) is 12.6. The minimum absolute atomic E-state index is 0.216. The lowest BCUT2D eigenvalue weighted by Gasteiger charge is -2.25. The highest BCUT2D eigenvalue weighted by molar-refractivity contribution is 6.51. The van der Waals surface area contributed by atoms with Crippen LogP contribution >= 0.6 is 0 Å². The fraction of sp³-hybridized carbons (Fsp3) is 0.222. The van der Waals surface area contributed by atoms with Crippen LogP contribution in [0.2, 0.25) is 0 Å². The number of ether oxygens (including phenoxy) is 1. The lowest BCUT2D eigenvalue weighted by Crippen LogP contribution is -2.30. The summed E-state index contributed by atoms with van der Waals surface area (Å²) in [4.78, 5) is 31.1. The molecule has 1 N–H and O–H groups in total. The van der Waals surface area contributed by atoms with Gasteiger partial charge in [0.25, 0.3) is 11.7 Å². The maximum atomic E-state index is 14.7. The Kier molecular flexibility index (Phi) is 7.19. The van der Waals surface area contributed by atoms with Crippen molar-refractivity contribution in [2.45, 2.75) is 32.2 Å². The summed E-state index contributed by atoms with van der Waals surface area (Å²) in [6.07, 6.45) is 4.49. The number of hydrogen-bond donors (Lipinski definition) is 1. The molecule has 1 aromatic heterocycles. The normalized spacial score (nSPS) is 17.1. The van der Waals surface area contributed by atoms with Gasteiger partial charge in [0.05, 0.1) is 23.6 Å². The molecule has 4 rings (SSSR count). The predicted molar refractivity (Wildman–Crippen MR) is 127 cm³/mol. The molecule has 1 aliphatic heterocycles. The molecule has 6 nitrogen and oxygen atoms in total. The van der Waals surface area contributed by atoms with Crippen LogP contribution in [0.25, 0.3) is 5.76 Å². The van der Waals surface area contributed by atoms with Crippen LogP contribution in [0.4, 0.5) is 14.5 Å². The van der Waals surface area contributed by atoms with Gasteiger partial charge in [0.2, 0.25) is 0 Å². The topological polar surface area (TPSA) is 79.7 Å². The van der Waals surface area contributed by atoms with E-state index >= 15 is 0 Å². The minimum atomic E-state index is -1.25. The van der Waals surface area contributed by atoms with Crippen LogP contribution in [0.3, 0.4) is 0 Å². The summed E-state index contributed by atoms with van der Waals surface area (Å²) in [7, 11) is 0. The number of halogens is 2. The Morgan fingerprint density at radius 3 is 2.51 bits per heavy atom. The number of ketones is 1. The van der Waals surface area contributed by atoms with Crippen LogP contribution in [0.5, 0.6) is 5.75 Å². The summed E-state index contributed by atoms with van der Waals surface area (Å²) in [5.74, 6) is -3.64. The van der Waals surface area contributed by atoms with Crippen molar-refractivity contribution in [3.63, 3.8) is 0 Å². The molecular weight excluding hydrogens is 454 g/mol. The summed E-state index contributed by atoms with van der Waals surface area (Å²) in [6.45, 7) is 2.66. The smallest absolute Gasteiger partial charge is 0.300 e. The Morgan fingerprint density at radius 1 is 1.06 bits per heavy atom. The van der Waals surface area contributed by atoms with Gasteiger partial charge in [-0.2, -0.15) is 0 Å². The SMILES string of the molecule is CCCCCOc1ccc(/C(O)=C2\C(=O)C(=O)N(c3cc(F)ccc3F)C2c2ccccn2)cc1. The molecule has 2 heterocycles. The molecule has 1 amide bonds. The number of carbonyl (C=O) groups is 2. The summed E-state index contributed by atoms with van der Waals surface area (Å²) in [5, 5.41) is 11.1. The van der Waals surface area contributed by atoms with E-state index in [1.54, 1.807) is 42.5 Å². The maximum absolute atomic E-state index is 14.7. The first-order valence-corrected chi connectivity index (χ1v) is 11.3. The van der Waals surface area contributed by atoms with E-state index in [0.717, 1.165) is 42.4 Å². The van der Waals surface area contributed by atoms with Crippen molar-refractivity contribution in [1.82, 2.24) is 4.98 Å². The van der Waals surface area contributed by atoms with Gasteiger partial charge >= 0.3 is 0 Å². The molecular formula is C27H24F2N2O4. The average Bonchev–Trinajstić information content (AvgIpc) is 3.14. The molecule has 0 bridgehead atoms. The van der Waals surface area contributed by atoms with Crippen LogP contribution in [0.1, 0.15) is 43.5 Å². The number of hydrogen-bond acceptors (Lipinski definition) is 5. The number of aliphatic hydroxyl groups excluding tert-OH is 1. The number of unbranched alkanes of at least 4 members (excludes halogenated alkanes) is 2. The average molecular weight is 478 g/mol. The van der Waals surface area contributed by atoms with Crippen LogP contribution < -0.4 is 9.64 Å². The first-order chi connectivity index (χ1) is 16.9. The first-order valence-electron chi connectivity index (χ1n) is 11.3. The molecule has 35 heavy (non-hydrogen) atoms. The van der Waals surface area contributed by atoms with Gasteiger partial charge in [-0.25, -0.2) is 8.78 Å². The zero-order valence-corrected chi connectivity index (χ0v) is 19.1. The Labute approximate surface area is 201 Å². The van der Waals surface area contributed by atoms with Crippen LogP contribution in [-0.4, -0.2) is 28.4 Å². The molecule has 0 spiro atoms. The van der Waals surface area contributed by atoms with Crippen LogP contribution in [0.15, 0.2) is 72.4 Å². The minimum Gasteiger partial charge on any atom is -0.507 e. The highest BCUT2D eigenvalue weighted by Gasteiger charge is 2.48. The number of amides is 1. The van der Waals surface area contributed by atoms with Gasteiger partial charge < -0.3 is 9.84 Å². The number of rotatable bonds is 8. The Hall–Kier alpha value is -4.07. The molecule has 1 unspecified atom stereocenters. The molecule has 3 aromatic rings. The van der Waals surface area contributed by atoms with E-state index in [1.807, 2.05) is 0 Å². The first kappa shape index (κ1) is 24.1. The van der Waals surface area contributed by atoms with E-state index in [1.165, 1.54) is 6.20 Å². The van der Waals surface area contributed by atoms with Gasteiger partial charge in [0.1, 0.15) is 29.2 Å². The number of benzene rings is 2. The van der Waals surface area contributed by atoms with E-state index in [4.69, 9.17) is 4.74 Å². The molecule has 1 aliphatic rings. The monoisotopic (exact) mass is 478 g/mol. The molecule has 180 valence electrons. The summed E-state index contributed by atoms with van der Waals surface area (Å²) < 4.78 is 34.3. The maximum Gasteiger partial charge on any atom is 0.300 e. The quantitative estimate of drug-likeness (QED) is 0.199. The lowest BCUT2D eigenvalue weighted by atomic mass is 9.98. The predicted octanol–water partition coefficient (Wildman–Crippen LogP) is 5.56. The second-order valence-electron chi connectivity index (χ2n) is 8.10. The highest BCUT2D eigenvalue weighted by Crippen LogP contribution is 2.42. The van der Waals surface area contributed by atoms with Crippen molar-refractivity contribution in [2.24, 2.45) is 0 Å². The molecule has 0 saturated carbocycles. The lowest BCUT2D eigenvalue weighted by molar-refractivity contribution is -0.132. The molecule has 1 atom stereocenters. The largest absolute Gasteiger partial charge is 0.507 e. The van der Waals surface area contributed by atoms with Crippen molar-refractivity contribution < 1.29 is 28.2 Å². The van der Waals surface area contributed by atoms with Crippen molar-refractivity contribution in [3.8, 4) is 5.75 Å². The molecule has 8 heteroatoms. The van der Waals surface area contributed by atoms with E-state index < -0.39 is 40.8 Å². The molecule has 1 saturated heterocycles. The third kappa shape index (κ3) is 4.91. The number of Topliss-reactive ketones (excluding diaryl/α,β-unsaturated/α-hetero) is 1. The van der Waals surface area contributed by atoms with Gasteiger partial charge in [-0.05, 0) is 55.0 Å². The van der Waals surface area contributed by atoms with Crippen LogP contribution in [-0.2, 0) is 9.59 Å². The third-order valence-electron chi connectivity index (χ3n) is 5.72. The van der Waals surface area contributed by atoms with Crippen molar-refractivity contribution in [3.05, 3.63) is 95.3 Å². The van der Waals surface area contributed by atoms with Gasteiger partial charge in [0, 0.05) is 17.8 Å². The number of anilines is 1. The van der Waals surface area contributed by atoms with E-state index in [9.17, 15) is 23.5 Å². The fourth-order valence-corrected chi connectivity index (χ4v) is 3.98. The summed E-state index contributed by atoms with van der Waals surface area (Å²) >= 11 is 0. The van der Waals surface area contributed by atoms with E-state index in [0.29, 0.717) is 12.4 Å². The number of nitrogens with zero attached hydrogens (tertiary/aromatic N) is 2. The number of carbonyl (C=O) groups excluding carboxylic acids is 2. The molecule has 1 fully saturated rings. The Bertz CT molecular complexity index is 1260. The number of pyridine rings is 1. The van der Waals surface area contributed by atoms with Crippen molar-refractivity contribution in [1.29, 1.82) is 0 Å². The van der Waals surface area contributed by atoms with Crippen LogP contribution in [0, 0.1) is 11.6 Å². The second kappa shape index (κ2) is 10.5. The zero-order chi connectivity index (χ0) is 24.9. The standard InChI is InChI=1S/C27H24F2N2O4/c1-2-3-6-15-35-19-11-8-17(9-12-19)25(32)23-24(21-7-4-5-14-30-21)31(27(34)26(23)33)22-16-18(28)10-13-20(22)29/h4-5,7-14,16,24,32H,2-3,6,15H2,1H3/b25-23+. The third-order valence-corrected chi connectivity index (χ3v) is 5.72. The Balaban J connectivity index is 1.77. The molecule has 2 aromatic carbocycles. The summed E-state index contributed by atoms with van der Waals surface area (Å²) in [5.41, 5.74) is -0.205. The second-order valence-corrected chi connectivity index (χ2v) is 8.10. The van der Waals surface area contributed by atoms with Crippen molar-refractivity contribution in [2.75, 3.05) is 11.5 Å². The molecule has 0 aliphatic carbocycles. The fourth-order valence-electron chi connectivity index (χ4n) is 3.98. The van der Waals surface area contributed by atoms with E-state index in [-0.39, 0.29) is 16.8 Å². The number of aromatic nitrogens is 1.